The van der Waals surface area contributed by atoms with Crippen LogP contribution in [-0.4, -0.2) is 36.2 Å². The van der Waals surface area contributed by atoms with Crippen molar-refractivity contribution in [2.75, 3.05) is 11.1 Å². The molecule has 32 heavy (non-hydrogen) atoms. The molecule has 1 fully saturated rings. The Balaban J connectivity index is 1.25. The highest BCUT2D eigenvalue weighted by Gasteiger charge is 2.30. The van der Waals surface area contributed by atoms with Crippen molar-refractivity contribution in [3.63, 3.8) is 0 Å². The molecular weight excluding hydrogens is 444 g/mol. The molecule has 0 bridgehead atoms. The molecule has 9 heteroatoms. The van der Waals surface area contributed by atoms with Crippen LogP contribution in [0.15, 0.2) is 65.8 Å². The van der Waals surface area contributed by atoms with E-state index in [0.29, 0.717) is 21.9 Å². The van der Waals surface area contributed by atoms with E-state index in [1.807, 2.05) is 65.3 Å². The summed E-state index contributed by atoms with van der Waals surface area (Å²) in [7, 11) is 1.80. The first kappa shape index (κ1) is 20.8. The highest BCUT2D eigenvalue weighted by atomic mass is 35.5. The highest BCUT2D eigenvalue weighted by Crippen LogP contribution is 2.40. The standard InChI is InChI=1S/C23H21ClN6OS/c1-29-20(13-19(27-29)15-9-11-17(24)12-10-15)25-21(31)14-32-23-26-22(16-7-8-16)30(28-23)18-5-3-2-4-6-18/h2-6,9-13,16H,7-8,14H2,1H3,(H,25,31). The Kier molecular flexibility index (Phi) is 5.71. The molecule has 5 rings (SSSR count). The van der Waals surface area contributed by atoms with Gasteiger partial charge in [-0.1, -0.05) is 53.7 Å². The number of hydrogen-bond donors (Lipinski definition) is 1. The zero-order valence-electron chi connectivity index (χ0n) is 17.4. The molecule has 0 radical (unpaired) electrons. The number of rotatable bonds is 7. The lowest BCUT2D eigenvalue weighted by atomic mass is 10.1. The number of hydrogen-bond acceptors (Lipinski definition) is 5. The fraction of sp³-hybridized carbons (Fsp3) is 0.217. The second-order valence-corrected chi connectivity index (χ2v) is 9.04. The number of aromatic nitrogens is 5. The van der Waals surface area contributed by atoms with Crippen molar-refractivity contribution in [1.29, 1.82) is 0 Å². The van der Waals surface area contributed by atoms with Gasteiger partial charge in [-0.05, 0) is 37.1 Å². The van der Waals surface area contributed by atoms with Gasteiger partial charge in [-0.3, -0.25) is 9.48 Å². The average molecular weight is 465 g/mol. The van der Waals surface area contributed by atoms with Crippen LogP contribution >= 0.6 is 23.4 Å². The Bertz CT molecular complexity index is 1250. The van der Waals surface area contributed by atoms with Gasteiger partial charge in [0, 0.05) is 29.6 Å². The van der Waals surface area contributed by atoms with Gasteiger partial charge < -0.3 is 5.32 Å². The normalized spacial score (nSPS) is 13.3. The monoisotopic (exact) mass is 464 g/mol. The van der Waals surface area contributed by atoms with Crippen LogP contribution in [-0.2, 0) is 11.8 Å². The lowest BCUT2D eigenvalue weighted by Crippen LogP contribution is -2.16. The predicted octanol–water partition coefficient (Wildman–Crippen LogP) is 4.93. The van der Waals surface area contributed by atoms with E-state index in [-0.39, 0.29) is 11.7 Å². The maximum Gasteiger partial charge on any atom is 0.235 e. The van der Waals surface area contributed by atoms with Crippen molar-refractivity contribution in [3.8, 4) is 16.9 Å². The van der Waals surface area contributed by atoms with Crippen LogP contribution in [0.5, 0.6) is 0 Å². The SMILES string of the molecule is Cn1nc(-c2ccc(Cl)cc2)cc1NC(=O)CSc1nc(C2CC2)n(-c2ccccc2)n1. The molecule has 1 saturated carbocycles. The van der Waals surface area contributed by atoms with Crippen molar-refractivity contribution < 1.29 is 4.79 Å². The molecule has 0 aliphatic heterocycles. The zero-order valence-corrected chi connectivity index (χ0v) is 19.0. The Hall–Kier alpha value is -3.10. The largest absolute Gasteiger partial charge is 0.310 e. The molecule has 1 amide bonds. The molecule has 2 heterocycles. The van der Waals surface area contributed by atoms with Gasteiger partial charge in [0.25, 0.3) is 0 Å². The number of halogens is 1. The van der Waals surface area contributed by atoms with Gasteiger partial charge in [0.2, 0.25) is 11.1 Å². The lowest BCUT2D eigenvalue weighted by molar-refractivity contribution is -0.113. The van der Waals surface area contributed by atoms with E-state index in [0.717, 1.165) is 35.6 Å². The smallest absolute Gasteiger partial charge is 0.235 e. The number of nitrogens with one attached hydrogen (secondary N) is 1. The van der Waals surface area contributed by atoms with Crippen LogP contribution in [0.2, 0.25) is 5.02 Å². The van der Waals surface area contributed by atoms with Crippen LogP contribution < -0.4 is 5.32 Å². The second kappa shape index (κ2) is 8.80. The van der Waals surface area contributed by atoms with Crippen molar-refractivity contribution in [3.05, 3.63) is 71.5 Å². The van der Waals surface area contributed by atoms with E-state index in [1.165, 1.54) is 11.8 Å². The molecule has 2 aromatic carbocycles. The fourth-order valence-electron chi connectivity index (χ4n) is 3.39. The van der Waals surface area contributed by atoms with Gasteiger partial charge >= 0.3 is 0 Å². The molecule has 1 aliphatic rings. The van der Waals surface area contributed by atoms with Crippen molar-refractivity contribution in [2.24, 2.45) is 7.05 Å². The van der Waals surface area contributed by atoms with E-state index in [9.17, 15) is 4.79 Å². The van der Waals surface area contributed by atoms with Crippen LogP contribution in [0, 0.1) is 0 Å². The summed E-state index contributed by atoms with van der Waals surface area (Å²) < 4.78 is 3.55. The number of nitrogens with zero attached hydrogens (tertiary/aromatic N) is 5. The Morgan fingerprint density at radius 2 is 1.88 bits per heavy atom. The summed E-state index contributed by atoms with van der Waals surface area (Å²) in [6, 6.07) is 19.3. The third kappa shape index (κ3) is 4.56. The minimum absolute atomic E-state index is 0.135. The zero-order chi connectivity index (χ0) is 22.1. The van der Waals surface area contributed by atoms with Gasteiger partial charge in [-0.2, -0.15) is 5.10 Å². The summed E-state index contributed by atoms with van der Waals surface area (Å²) >= 11 is 7.29. The lowest BCUT2D eigenvalue weighted by Gasteiger charge is -2.04. The number of anilines is 1. The second-order valence-electron chi connectivity index (χ2n) is 7.66. The predicted molar refractivity (Wildman–Crippen MR) is 126 cm³/mol. The highest BCUT2D eigenvalue weighted by molar-refractivity contribution is 7.99. The minimum Gasteiger partial charge on any atom is -0.310 e. The number of amides is 1. The van der Waals surface area contributed by atoms with Crippen LogP contribution in [0.4, 0.5) is 5.82 Å². The number of benzene rings is 2. The minimum atomic E-state index is -0.135. The van der Waals surface area contributed by atoms with E-state index in [1.54, 1.807) is 11.7 Å². The van der Waals surface area contributed by atoms with Gasteiger partial charge in [0.1, 0.15) is 11.6 Å². The number of carbonyl (C=O) groups is 1. The summed E-state index contributed by atoms with van der Waals surface area (Å²) in [4.78, 5) is 17.3. The quantitative estimate of drug-likeness (QED) is 0.392. The number of aryl methyl sites for hydroxylation is 1. The van der Waals surface area contributed by atoms with Crippen molar-refractivity contribution in [2.45, 2.75) is 23.9 Å². The Labute approximate surface area is 194 Å². The third-order valence-corrected chi connectivity index (χ3v) is 6.27. The first-order valence-electron chi connectivity index (χ1n) is 10.3. The average Bonchev–Trinajstić information content (AvgIpc) is 3.46. The number of carbonyl (C=O) groups excluding carboxylic acids is 1. The topological polar surface area (TPSA) is 77.6 Å². The van der Waals surface area contributed by atoms with Gasteiger partial charge in [-0.25, -0.2) is 9.67 Å². The molecule has 0 unspecified atom stereocenters. The fourth-order valence-corrected chi connectivity index (χ4v) is 4.14. The van der Waals surface area contributed by atoms with Crippen LogP contribution in [0.3, 0.4) is 0 Å². The van der Waals surface area contributed by atoms with Crippen LogP contribution in [0.25, 0.3) is 16.9 Å². The first-order chi connectivity index (χ1) is 15.6. The molecule has 2 aromatic heterocycles. The Morgan fingerprint density at radius 1 is 1.12 bits per heavy atom. The number of para-hydroxylation sites is 1. The molecular formula is C23H21ClN6OS. The van der Waals surface area contributed by atoms with E-state index < -0.39 is 0 Å². The summed E-state index contributed by atoms with van der Waals surface area (Å²) in [6.07, 6.45) is 2.26. The maximum atomic E-state index is 12.6. The van der Waals surface area contributed by atoms with Gasteiger partial charge in [0.05, 0.1) is 17.1 Å². The summed E-state index contributed by atoms with van der Waals surface area (Å²) in [5.74, 6) is 2.13. The van der Waals surface area contributed by atoms with E-state index in [2.05, 4.69) is 15.5 Å². The number of thioether (sulfide) groups is 1. The summed E-state index contributed by atoms with van der Waals surface area (Å²) in [6.45, 7) is 0. The van der Waals surface area contributed by atoms with Gasteiger partial charge in [0.15, 0.2) is 0 Å². The molecule has 1 aliphatic carbocycles. The maximum absolute atomic E-state index is 12.6. The molecule has 1 N–H and O–H groups in total. The summed E-state index contributed by atoms with van der Waals surface area (Å²) in [5.41, 5.74) is 2.69. The molecule has 0 saturated heterocycles. The first-order valence-corrected chi connectivity index (χ1v) is 11.7. The summed E-state index contributed by atoms with van der Waals surface area (Å²) in [5, 5.41) is 13.3. The van der Waals surface area contributed by atoms with E-state index in [4.69, 9.17) is 16.6 Å². The third-order valence-electron chi connectivity index (χ3n) is 5.18. The van der Waals surface area contributed by atoms with Crippen molar-refractivity contribution >= 4 is 35.1 Å². The van der Waals surface area contributed by atoms with Crippen LogP contribution in [0.1, 0.15) is 24.6 Å². The van der Waals surface area contributed by atoms with E-state index >= 15 is 0 Å². The molecule has 4 aromatic rings. The van der Waals surface area contributed by atoms with Crippen molar-refractivity contribution in [1.82, 2.24) is 24.5 Å². The molecule has 0 atom stereocenters. The molecule has 0 spiro atoms. The van der Waals surface area contributed by atoms with Gasteiger partial charge in [-0.15, -0.1) is 5.10 Å². The Morgan fingerprint density at radius 3 is 2.59 bits per heavy atom. The molecule has 162 valence electrons. The molecule has 7 nitrogen and oxygen atoms in total.